The second-order valence-corrected chi connectivity index (χ2v) is 6.10. The molecule has 1 unspecified atom stereocenters. The Morgan fingerprint density at radius 2 is 2.05 bits per heavy atom. The van der Waals surface area contributed by atoms with E-state index in [9.17, 15) is 4.79 Å². The van der Waals surface area contributed by atoms with Crippen LogP contribution in [0.2, 0.25) is 0 Å². The van der Waals surface area contributed by atoms with Crippen LogP contribution in [0.15, 0.2) is 24.3 Å². The van der Waals surface area contributed by atoms with Gasteiger partial charge in [0.15, 0.2) is 0 Å². The fraction of sp³-hybridized carbons (Fsp3) is 0.588. The zero-order valence-corrected chi connectivity index (χ0v) is 12.9. The number of amides is 1. The van der Waals surface area contributed by atoms with Gasteiger partial charge in [0.2, 0.25) is 5.91 Å². The lowest BCUT2D eigenvalue weighted by Gasteiger charge is -2.29. The molecule has 1 aromatic carbocycles. The molecule has 1 aliphatic heterocycles. The highest BCUT2D eigenvalue weighted by Crippen LogP contribution is 2.12. The second kappa shape index (κ2) is 6.89. The Kier molecular flexibility index (Phi) is 5.18. The largest absolute Gasteiger partial charge is 0.338 e. The van der Waals surface area contributed by atoms with Crippen molar-refractivity contribution in [2.24, 2.45) is 0 Å². The SMILES string of the molecule is Cc1ccc(CC(=O)N(CC2CCCN2)C(C)C)cc1. The standard InChI is InChI=1S/C17H26N2O/c1-13(2)19(12-16-5-4-10-18-16)17(20)11-15-8-6-14(3)7-9-15/h6-9,13,16,18H,4-5,10-12H2,1-3H3. The van der Waals surface area contributed by atoms with Crippen molar-refractivity contribution in [2.75, 3.05) is 13.1 Å². The van der Waals surface area contributed by atoms with Crippen LogP contribution in [0.1, 0.15) is 37.8 Å². The quantitative estimate of drug-likeness (QED) is 0.895. The maximum absolute atomic E-state index is 12.5. The molecule has 0 aromatic heterocycles. The summed E-state index contributed by atoms with van der Waals surface area (Å²) < 4.78 is 0. The maximum Gasteiger partial charge on any atom is 0.227 e. The number of carbonyl (C=O) groups excluding carboxylic acids is 1. The lowest BCUT2D eigenvalue weighted by molar-refractivity contribution is -0.132. The zero-order valence-electron chi connectivity index (χ0n) is 12.9. The van der Waals surface area contributed by atoms with Crippen LogP contribution in [0.25, 0.3) is 0 Å². The summed E-state index contributed by atoms with van der Waals surface area (Å²) in [7, 11) is 0. The number of nitrogens with zero attached hydrogens (tertiary/aromatic N) is 1. The van der Waals surface area contributed by atoms with Gasteiger partial charge in [0.25, 0.3) is 0 Å². The van der Waals surface area contributed by atoms with Crippen molar-refractivity contribution >= 4 is 5.91 Å². The Balaban J connectivity index is 1.97. The Hall–Kier alpha value is -1.35. The highest BCUT2D eigenvalue weighted by Gasteiger charge is 2.23. The third-order valence-electron chi connectivity index (χ3n) is 4.00. The van der Waals surface area contributed by atoms with E-state index >= 15 is 0 Å². The summed E-state index contributed by atoms with van der Waals surface area (Å²) in [5.41, 5.74) is 2.34. The van der Waals surface area contributed by atoms with Gasteiger partial charge in [-0.05, 0) is 45.7 Å². The molecule has 1 fully saturated rings. The fourth-order valence-corrected chi connectivity index (χ4v) is 2.73. The van der Waals surface area contributed by atoms with Gasteiger partial charge in [0, 0.05) is 18.6 Å². The summed E-state index contributed by atoms with van der Waals surface area (Å²) in [5, 5.41) is 3.47. The summed E-state index contributed by atoms with van der Waals surface area (Å²) in [4.78, 5) is 14.5. The number of hydrogen-bond donors (Lipinski definition) is 1. The normalized spacial score (nSPS) is 18.5. The number of aryl methyl sites for hydroxylation is 1. The summed E-state index contributed by atoms with van der Waals surface area (Å²) >= 11 is 0. The molecular weight excluding hydrogens is 248 g/mol. The van der Waals surface area contributed by atoms with E-state index in [1.165, 1.54) is 18.4 Å². The Morgan fingerprint density at radius 1 is 1.35 bits per heavy atom. The minimum absolute atomic E-state index is 0.234. The lowest BCUT2D eigenvalue weighted by atomic mass is 10.1. The number of rotatable bonds is 5. The van der Waals surface area contributed by atoms with Gasteiger partial charge < -0.3 is 10.2 Å². The first-order valence-electron chi connectivity index (χ1n) is 7.64. The Bertz CT molecular complexity index is 433. The van der Waals surface area contributed by atoms with Gasteiger partial charge in [-0.3, -0.25) is 4.79 Å². The molecule has 1 aromatic rings. The molecule has 110 valence electrons. The maximum atomic E-state index is 12.5. The monoisotopic (exact) mass is 274 g/mol. The van der Waals surface area contributed by atoms with Crippen LogP contribution in [-0.4, -0.2) is 36.0 Å². The first-order chi connectivity index (χ1) is 9.56. The minimum atomic E-state index is 0.234. The van der Waals surface area contributed by atoms with Crippen LogP contribution in [0.3, 0.4) is 0 Å². The van der Waals surface area contributed by atoms with Gasteiger partial charge >= 0.3 is 0 Å². The van der Waals surface area contributed by atoms with Gasteiger partial charge in [-0.15, -0.1) is 0 Å². The lowest BCUT2D eigenvalue weighted by Crippen LogP contribution is -2.45. The smallest absolute Gasteiger partial charge is 0.227 e. The molecule has 1 heterocycles. The molecule has 2 rings (SSSR count). The second-order valence-electron chi connectivity index (χ2n) is 6.10. The van der Waals surface area contributed by atoms with Crippen molar-refractivity contribution in [1.29, 1.82) is 0 Å². The summed E-state index contributed by atoms with van der Waals surface area (Å²) in [6, 6.07) is 8.98. The van der Waals surface area contributed by atoms with Crippen molar-refractivity contribution in [3.8, 4) is 0 Å². The van der Waals surface area contributed by atoms with Gasteiger partial charge in [-0.1, -0.05) is 29.8 Å². The average molecular weight is 274 g/mol. The van der Waals surface area contributed by atoms with E-state index in [-0.39, 0.29) is 11.9 Å². The third-order valence-corrected chi connectivity index (χ3v) is 4.00. The molecule has 3 nitrogen and oxygen atoms in total. The van der Waals surface area contributed by atoms with Crippen molar-refractivity contribution < 1.29 is 4.79 Å². The van der Waals surface area contributed by atoms with E-state index in [1.54, 1.807) is 0 Å². The van der Waals surface area contributed by atoms with Crippen LogP contribution in [0.5, 0.6) is 0 Å². The van der Waals surface area contributed by atoms with Gasteiger partial charge in [0.05, 0.1) is 6.42 Å². The van der Waals surface area contributed by atoms with Gasteiger partial charge in [-0.25, -0.2) is 0 Å². The Labute approximate surface area is 122 Å². The predicted octanol–water partition coefficient (Wildman–Crippen LogP) is 2.53. The molecule has 0 aliphatic carbocycles. The van der Waals surface area contributed by atoms with E-state index in [0.29, 0.717) is 12.5 Å². The van der Waals surface area contributed by atoms with Crippen LogP contribution >= 0.6 is 0 Å². The van der Waals surface area contributed by atoms with Crippen LogP contribution in [0, 0.1) is 6.92 Å². The van der Waals surface area contributed by atoms with Crippen molar-refractivity contribution in [3.05, 3.63) is 35.4 Å². The van der Waals surface area contributed by atoms with Crippen molar-refractivity contribution in [2.45, 2.75) is 52.1 Å². The molecule has 1 aliphatic rings. The third kappa shape index (κ3) is 4.07. The molecule has 0 radical (unpaired) electrons. The number of hydrogen-bond acceptors (Lipinski definition) is 2. The summed E-state index contributed by atoms with van der Waals surface area (Å²) in [6.45, 7) is 8.19. The molecule has 1 N–H and O–H groups in total. The topological polar surface area (TPSA) is 32.3 Å². The molecule has 1 atom stereocenters. The van der Waals surface area contributed by atoms with E-state index in [0.717, 1.165) is 18.7 Å². The number of carbonyl (C=O) groups is 1. The summed E-state index contributed by atoms with van der Waals surface area (Å²) in [6.07, 6.45) is 2.91. The van der Waals surface area contributed by atoms with E-state index in [1.807, 2.05) is 4.90 Å². The van der Waals surface area contributed by atoms with Crippen molar-refractivity contribution in [3.63, 3.8) is 0 Å². The first kappa shape index (κ1) is 15.0. The Morgan fingerprint density at radius 3 is 2.60 bits per heavy atom. The molecule has 0 saturated carbocycles. The molecule has 3 heteroatoms. The molecule has 1 amide bonds. The minimum Gasteiger partial charge on any atom is -0.338 e. The zero-order chi connectivity index (χ0) is 14.5. The molecule has 1 saturated heterocycles. The van der Waals surface area contributed by atoms with Crippen LogP contribution in [-0.2, 0) is 11.2 Å². The van der Waals surface area contributed by atoms with Crippen molar-refractivity contribution in [1.82, 2.24) is 10.2 Å². The van der Waals surface area contributed by atoms with E-state index in [4.69, 9.17) is 0 Å². The number of nitrogens with one attached hydrogen (secondary N) is 1. The molecule has 0 bridgehead atoms. The average Bonchev–Trinajstić information content (AvgIpc) is 2.91. The van der Waals surface area contributed by atoms with Gasteiger partial charge in [-0.2, -0.15) is 0 Å². The fourth-order valence-electron chi connectivity index (χ4n) is 2.73. The highest BCUT2D eigenvalue weighted by atomic mass is 16.2. The van der Waals surface area contributed by atoms with Crippen LogP contribution < -0.4 is 5.32 Å². The van der Waals surface area contributed by atoms with E-state index < -0.39 is 0 Å². The van der Waals surface area contributed by atoms with Crippen LogP contribution in [0.4, 0.5) is 0 Å². The molecule has 20 heavy (non-hydrogen) atoms. The number of benzene rings is 1. The summed E-state index contributed by atoms with van der Waals surface area (Å²) in [5.74, 6) is 0.234. The molecule has 0 spiro atoms. The molecular formula is C17H26N2O. The first-order valence-corrected chi connectivity index (χ1v) is 7.64. The van der Waals surface area contributed by atoms with Gasteiger partial charge in [0.1, 0.15) is 0 Å². The predicted molar refractivity (Wildman–Crippen MR) is 82.8 cm³/mol. The highest BCUT2D eigenvalue weighted by molar-refractivity contribution is 5.79. The van der Waals surface area contributed by atoms with E-state index in [2.05, 4.69) is 50.4 Å².